The molecule has 3 aliphatic rings. The van der Waals surface area contributed by atoms with Crippen molar-refractivity contribution in [1.82, 2.24) is 14.7 Å². The van der Waals surface area contributed by atoms with E-state index in [0.29, 0.717) is 24.5 Å². The van der Waals surface area contributed by atoms with E-state index in [9.17, 15) is 4.79 Å². The fourth-order valence-electron chi connectivity index (χ4n) is 5.44. The lowest BCUT2D eigenvalue weighted by Crippen LogP contribution is -2.43. The molecule has 3 aromatic rings. The first-order chi connectivity index (χ1) is 17.1. The molecule has 0 radical (unpaired) electrons. The van der Waals surface area contributed by atoms with Crippen LogP contribution < -0.4 is 9.64 Å². The molecule has 178 valence electrons. The highest BCUT2D eigenvalue weighted by Gasteiger charge is 2.49. The molecular formula is C27H27N5O3. The quantitative estimate of drug-likeness (QED) is 0.530. The Kier molecular flexibility index (Phi) is 5.32. The maximum Gasteiger partial charge on any atom is 0.300 e. The standard InChI is InChI=1S/C27H27N5O3/c1-28-25-23-11-14-31(26(33)24(23)32(29-25)21-7-9-22(34-2)10-8-21)20-5-3-19(4-6-20)27(12-13-27)30-15-17-35-18-16-30/h3-10H,11-18H2,2H3. The maximum atomic E-state index is 13.7. The molecule has 0 N–H and O–H groups in total. The third-order valence-corrected chi connectivity index (χ3v) is 7.47. The number of anilines is 1. The van der Waals surface area contributed by atoms with Gasteiger partial charge in [0.15, 0.2) is 0 Å². The zero-order chi connectivity index (χ0) is 24.0. The summed E-state index contributed by atoms with van der Waals surface area (Å²) in [7, 11) is 1.61. The molecule has 8 heteroatoms. The van der Waals surface area contributed by atoms with Gasteiger partial charge in [0.25, 0.3) is 11.7 Å². The Labute approximate surface area is 204 Å². The first-order valence-corrected chi connectivity index (χ1v) is 12.0. The Balaban J connectivity index is 1.30. The molecule has 1 saturated heterocycles. The molecule has 0 atom stereocenters. The summed E-state index contributed by atoms with van der Waals surface area (Å²) >= 11 is 0. The van der Waals surface area contributed by atoms with E-state index in [1.54, 1.807) is 16.7 Å². The van der Waals surface area contributed by atoms with Gasteiger partial charge in [0.05, 0.1) is 26.0 Å². The van der Waals surface area contributed by atoms with Crippen LogP contribution in [0, 0.1) is 6.57 Å². The van der Waals surface area contributed by atoms with Crippen LogP contribution in [0.1, 0.15) is 34.5 Å². The first kappa shape index (κ1) is 21.8. The number of benzene rings is 2. The highest BCUT2D eigenvalue weighted by atomic mass is 16.5. The third-order valence-electron chi connectivity index (χ3n) is 7.47. The Bertz CT molecular complexity index is 1300. The van der Waals surface area contributed by atoms with E-state index in [0.717, 1.165) is 49.0 Å². The van der Waals surface area contributed by atoms with Crippen molar-refractivity contribution in [1.29, 1.82) is 0 Å². The fraction of sp³-hybridized carbons (Fsp3) is 0.370. The second-order valence-electron chi connectivity index (χ2n) is 9.26. The monoisotopic (exact) mass is 469 g/mol. The van der Waals surface area contributed by atoms with Crippen molar-refractivity contribution in [3.05, 3.63) is 76.8 Å². The van der Waals surface area contributed by atoms with Gasteiger partial charge in [-0.05, 0) is 66.3 Å². The van der Waals surface area contributed by atoms with Crippen molar-refractivity contribution in [2.45, 2.75) is 24.8 Å². The average Bonchev–Trinajstić information content (AvgIpc) is 3.64. The van der Waals surface area contributed by atoms with Crippen molar-refractivity contribution >= 4 is 17.4 Å². The van der Waals surface area contributed by atoms with Crippen LogP contribution in [0.2, 0.25) is 0 Å². The van der Waals surface area contributed by atoms with E-state index in [1.165, 1.54) is 18.4 Å². The van der Waals surface area contributed by atoms with Crippen LogP contribution in [0.15, 0.2) is 48.5 Å². The van der Waals surface area contributed by atoms with Crippen LogP contribution in [-0.2, 0) is 16.7 Å². The summed E-state index contributed by atoms with van der Waals surface area (Å²) in [6.07, 6.45) is 2.92. The lowest BCUT2D eigenvalue weighted by molar-refractivity contribution is 0.00835. The summed E-state index contributed by atoms with van der Waals surface area (Å²) in [5.74, 6) is 0.880. The van der Waals surface area contributed by atoms with Gasteiger partial charge in [-0.1, -0.05) is 18.7 Å². The van der Waals surface area contributed by atoms with E-state index < -0.39 is 0 Å². The van der Waals surface area contributed by atoms with Crippen molar-refractivity contribution in [3.63, 3.8) is 0 Å². The van der Waals surface area contributed by atoms with E-state index in [1.807, 2.05) is 24.3 Å². The van der Waals surface area contributed by atoms with Crippen LogP contribution in [0.5, 0.6) is 5.75 Å². The SMILES string of the molecule is [C-]#[N+]c1nn(-c2ccc(OC)cc2)c2c1CCN(c1ccc(C3(N4CCOCC4)CC3)cc1)C2=O. The molecule has 2 fully saturated rings. The minimum atomic E-state index is -0.133. The molecule has 1 amide bonds. The van der Waals surface area contributed by atoms with Gasteiger partial charge in [-0.3, -0.25) is 9.69 Å². The third kappa shape index (κ3) is 3.59. The second kappa shape index (κ2) is 8.52. The number of carbonyl (C=O) groups excluding carboxylic acids is 1. The fourth-order valence-corrected chi connectivity index (χ4v) is 5.44. The molecule has 1 saturated carbocycles. The largest absolute Gasteiger partial charge is 0.497 e. The molecule has 0 spiro atoms. The number of morpholine rings is 1. The number of methoxy groups -OCH3 is 1. The highest BCUT2D eigenvalue weighted by Crippen LogP contribution is 2.51. The zero-order valence-electron chi connectivity index (χ0n) is 19.7. The average molecular weight is 470 g/mol. The van der Waals surface area contributed by atoms with Crippen molar-refractivity contribution in [2.75, 3.05) is 44.9 Å². The number of hydrogen-bond acceptors (Lipinski definition) is 5. The molecule has 3 heterocycles. The minimum Gasteiger partial charge on any atom is -0.497 e. The molecule has 35 heavy (non-hydrogen) atoms. The first-order valence-electron chi connectivity index (χ1n) is 12.0. The smallest absolute Gasteiger partial charge is 0.300 e. The van der Waals surface area contributed by atoms with Crippen LogP contribution >= 0.6 is 0 Å². The van der Waals surface area contributed by atoms with E-state index in [2.05, 4.69) is 39.1 Å². The molecule has 2 aromatic carbocycles. The van der Waals surface area contributed by atoms with Crippen molar-refractivity contribution < 1.29 is 14.3 Å². The molecule has 2 aliphatic heterocycles. The second-order valence-corrected chi connectivity index (χ2v) is 9.26. The van der Waals surface area contributed by atoms with E-state index in [4.69, 9.17) is 16.0 Å². The Morgan fingerprint density at radius 3 is 2.31 bits per heavy atom. The van der Waals surface area contributed by atoms with Crippen molar-refractivity contribution in [2.24, 2.45) is 0 Å². The number of fused-ring (bicyclic) bond motifs is 1. The lowest BCUT2D eigenvalue weighted by Gasteiger charge is -2.35. The Morgan fingerprint density at radius 2 is 1.69 bits per heavy atom. The van der Waals surface area contributed by atoms with E-state index >= 15 is 0 Å². The molecular weight excluding hydrogens is 442 g/mol. The maximum absolute atomic E-state index is 13.7. The number of amides is 1. The molecule has 1 aliphatic carbocycles. The molecule has 1 aromatic heterocycles. The zero-order valence-corrected chi connectivity index (χ0v) is 19.7. The van der Waals surface area contributed by atoms with Gasteiger partial charge in [-0.25, -0.2) is 0 Å². The summed E-state index contributed by atoms with van der Waals surface area (Å²) < 4.78 is 12.4. The molecule has 8 nitrogen and oxygen atoms in total. The number of nitrogens with zero attached hydrogens (tertiary/aromatic N) is 5. The van der Waals surface area contributed by atoms with Gasteiger partial charge in [-0.15, -0.1) is 0 Å². The summed E-state index contributed by atoms with van der Waals surface area (Å²) in [5.41, 5.74) is 4.21. The van der Waals surface area contributed by atoms with Crippen molar-refractivity contribution in [3.8, 4) is 11.4 Å². The Hall–Kier alpha value is -3.67. The number of rotatable bonds is 5. The summed E-state index contributed by atoms with van der Waals surface area (Å²) in [5, 5.41) is 4.48. The molecule has 6 rings (SSSR count). The van der Waals surface area contributed by atoms with Crippen LogP contribution in [0.3, 0.4) is 0 Å². The van der Waals surface area contributed by atoms with Crippen LogP contribution in [0.25, 0.3) is 10.5 Å². The lowest BCUT2D eigenvalue weighted by atomic mass is 10.0. The van der Waals surface area contributed by atoms with Gasteiger partial charge < -0.3 is 19.2 Å². The predicted octanol–water partition coefficient (Wildman–Crippen LogP) is 3.96. The van der Waals surface area contributed by atoms with Gasteiger partial charge in [0.2, 0.25) is 0 Å². The summed E-state index contributed by atoms with van der Waals surface area (Å²) in [6.45, 7) is 11.6. The summed E-state index contributed by atoms with van der Waals surface area (Å²) in [4.78, 5) is 21.7. The summed E-state index contributed by atoms with van der Waals surface area (Å²) in [6, 6.07) is 15.8. The number of ether oxygens (including phenoxy) is 2. The Morgan fingerprint density at radius 1 is 1.00 bits per heavy atom. The normalized spacial score (nSPS) is 19.2. The number of hydrogen-bond donors (Lipinski definition) is 0. The van der Waals surface area contributed by atoms with Gasteiger partial charge >= 0.3 is 0 Å². The van der Waals surface area contributed by atoms with Gasteiger partial charge in [0.1, 0.15) is 11.4 Å². The molecule has 0 bridgehead atoms. The number of aromatic nitrogens is 2. The van der Waals surface area contributed by atoms with Gasteiger partial charge in [-0.2, -0.15) is 4.68 Å². The molecule has 0 unspecified atom stereocenters. The number of carbonyl (C=O) groups is 1. The topological polar surface area (TPSA) is 64.2 Å². The predicted molar refractivity (Wildman–Crippen MR) is 132 cm³/mol. The van der Waals surface area contributed by atoms with Crippen LogP contribution in [-0.4, -0.2) is 60.5 Å². The minimum absolute atomic E-state index is 0.124. The highest BCUT2D eigenvalue weighted by molar-refractivity contribution is 6.08. The van der Waals surface area contributed by atoms with Gasteiger partial charge in [0, 0.05) is 36.4 Å². The van der Waals surface area contributed by atoms with E-state index in [-0.39, 0.29) is 11.4 Å². The van der Waals surface area contributed by atoms with Crippen LogP contribution in [0.4, 0.5) is 11.5 Å².